The lowest BCUT2D eigenvalue weighted by molar-refractivity contribution is -0.947. The van der Waals surface area contributed by atoms with Crippen LogP contribution in [0.1, 0.15) is 65.4 Å². The molecule has 0 amide bonds. The van der Waals surface area contributed by atoms with Gasteiger partial charge in [0.15, 0.2) is 6.29 Å². The molecule has 2 heterocycles. The third-order valence-corrected chi connectivity index (χ3v) is 6.08. The zero-order valence-electron chi connectivity index (χ0n) is 18.0. The van der Waals surface area contributed by atoms with Crippen molar-refractivity contribution >= 4 is 0 Å². The van der Waals surface area contributed by atoms with Crippen LogP contribution in [0.15, 0.2) is 30.3 Å². The smallest absolute Gasteiger partial charge is 0.158 e. The van der Waals surface area contributed by atoms with E-state index in [1.165, 1.54) is 48.8 Å². The normalized spacial score (nSPS) is 26.8. The van der Waals surface area contributed by atoms with Crippen LogP contribution >= 0.6 is 0 Å². The molecule has 2 aliphatic heterocycles. The third-order valence-electron chi connectivity index (χ3n) is 6.08. The van der Waals surface area contributed by atoms with E-state index in [9.17, 15) is 0 Å². The first-order chi connectivity index (χ1) is 12.8. The van der Waals surface area contributed by atoms with Crippen molar-refractivity contribution in [1.82, 2.24) is 0 Å². The fourth-order valence-corrected chi connectivity index (χ4v) is 5.18. The largest absolute Gasteiger partial charge is 0.350 e. The Hall–Kier alpha value is -0.900. The van der Waals surface area contributed by atoms with E-state index in [2.05, 4.69) is 58.0 Å². The molecular formula is C24H40NO2+. The second-order valence-electron chi connectivity index (χ2n) is 10.3. The van der Waals surface area contributed by atoms with Crippen LogP contribution in [0.25, 0.3) is 0 Å². The summed E-state index contributed by atoms with van der Waals surface area (Å²) < 4.78 is 13.6. The van der Waals surface area contributed by atoms with Gasteiger partial charge in [0.2, 0.25) is 0 Å². The molecule has 0 aromatic heterocycles. The van der Waals surface area contributed by atoms with E-state index in [4.69, 9.17) is 9.47 Å². The molecule has 3 rings (SSSR count). The number of rotatable bonds is 7. The quantitative estimate of drug-likeness (QED) is 0.596. The van der Waals surface area contributed by atoms with Crippen LogP contribution in [0, 0.1) is 11.3 Å². The van der Waals surface area contributed by atoms with E-state index in [1.807, 2.05) is 0 Å². The van der Waals surface area contributed by atoms with Crippen molar-refractivity contribution in [3.05, 3.63) is 35.9 Å². The first-order valence-electron chi connectivity index (χ1n) is 11.0. The summed E-state index contributed by atoms with van der Waals surface area (Å²) in [6.07, 6.45) is 6.54. The molecule has 2 aliphatic rings. The van der Waals surface area contributed by atoms with E-state index in [1.54, 1.807) is 0 Å². The van der Waals surface area contributed by atoms with Gasteiger partial charge in [-0.3, -0.25) is 0 Å². The highest BCUT2D eigenvalue weighted by molar-refractivity contribution is 5.13. The van der Waals surface area contributed by atoms with E-state index in [0.29, 0.717) is 11.3 Å². The molecule has 152 valence electrons. The van der Waals surface area contributed by atoms with Crippen LogP contribution in [0.3, 0.4) is 0 Å². The summed E-state index contributed by atoms with van der Waals surface area (Å²) in [6.45, 7) is 14.8. The van der Waals surface area contributed by atoms with Gasteiger partial charge in [0.25, 0.3) is 0 Å². The number of hydrogen-bond acceptors (Lipinski definition) is 2. The lowest BCUT2D eigenvalue weighted by Gasteiger charge is -2.42. The van der Waals surface area contributed by atoms with Crippen LogP contribution < -0.4 is 0 Å². The molecule has 0 radical (unpaired) electrons. The Kier molecular flexibility index (Phi) is 6.99. The summed E-state index contributed by atoms with van der Waals surface area (Å²) in [7, 11) is 0. The summed E-state index contributed by atoms with van der Waals surface area (Å²) in [5.41, 5.74) is 1.82. The Morgan fingerprint density at radius 2 is 1.78 bits per heavy atom. The molecule has 0 spiro atoms. The van der Waals surface area contributed by atoms with E-state index < -0.39 is 0 Å². The molecule has 2 saturated heterocycles. The molecule has 3 nitrogen and oxygen atoms in total. The van der Waals surface area contributed by atoms with Crippen molar-refractivity contribution in [1.29, 1.82) is 0 Å². The summed E-state index contributed by atoms with van der Waals surface area (Å²) in [6, 6.07) is 11.0. The molecule has 0 bridgehead atoms. The van der Waals surface area contributed by atoms with Crippen LogP contribution in [-0.4, -0.2) is 43.1 Å². The van der Waals surface area contributed by atoms with Gasteiger partial charge in [-0.2, -0.15) is 0 Å². The number of ether oxygens (including phenoxy) is 2. The molecular weight excluding hydrogens is 334 g/mol. The third kappa shape index (κ3) is 6.58. The minimum atomic E-state index is -0.00563. The molecule has 3 atom stereocenters. The van der Waals surface area contributed by atoms with Crippen LogP contribution in [0.2, 0.25) is 0 Å². The lowest BCUT2D eigenvalue weighted by atomic mass is 9.84. The van der Waals surface area contributed by atoms with Crippen molar-refractivity contribution in [3.63, 3.8) is 0 Å². The lowest BCUT2D eigenvalue weighted by Crippen LogP contribution is -2.54. The van der Waals surface area contributed by atoms with Gasteiger partial charge in [0, 0.05) is 12.0 Å². The van der Waals surface area contributed by atoms with Crippen molar-refractivity contribution < 1.29 is 14.0 Å². The highest BCUT2D eigenvalue weighted by atomic mass is 16.7. The predicted molar refractivity (Wildman–Crippen MR) is 111 cm³/mol. The minimum Gasteiger partial charge on any atom is -0.350 e. The predicted octanol–water partition coefficient (Wildman–Crippen LogP) is 5.39. The Bertz CT molecular complexity index is 559. The number of likely N-dealkylation sites (tertiary alicyclic amines) is 1. The zero-order chi connectivity index (χ0) is 19.3. The van der Waals surface area contributed by atoms with Gasteiger partial charge in [-0.25, -0.2) is 0 Å². The van der Waals surface area contributed by atoms with Crippen molar-refractivity contribution in [2.45, 2.75) is 78.7 Å². The fourth-order valence-electron chi connectivity index (χ4n) is 5.18. The summed E-state index contributed by atoms with van der Waals surface area (Å²) >= 11 is 0. The van der Waals surface area contributed by atoms with Gasteiger partial charge in [-0.05, 0) is 37.0 Å². The van der Waals surface area contributed by atoms with Gasteiger partial charge < -0.3 is 14.0 Å². The SMILES string of the molecule is C[C@H](C[C@@H]1OC[C@H](C[N+]2(Cc3ccccc3)CCCCC2)O1)CC(C)(C)C. The minimum absolute atomic E-state index is 0.00563. The van der Waals surface area contributed by atoms with Crippen LogP contribution in [0.4, 0.5) is 0 Å². The Labute approximate surface area is 166 Å². The molecule has 0 aliphatic carbocycles. The number of nitrogens with zero attached hydrogens (tertiary/aromatic N) is 1. The van der Waals surface area contributed by atoms with Crippen LogP contribution in [0.5, 0.6) is 0 Å². The van der Waals surface area contributed by atoms with Gasteiger partial charge >= 0.3 is 0 Å². The van der Waals surface area contributed by atoms with Crippen molar-refractivity contribution in [2.24, 2.45) is 11.3 Å². The standard InChI is InChI=1S/C24H40NO2/c1-20(16-24(2,3)4)15-23-26-19-22(27-23)18-25(13-9-6-10-14-25)17-21-11-7-5-8-12-21/h5,7-8,11-12,20,22-23H,6,9-10,13-19H2,1-4H3/q+1/t20-,22+,23-/m1/s1. The van der Waals surface area contributed by atoms with Gasteiger partial charge in [0.1, 0.15) is 19.2 Å². The average Bonchev–Trinajstić information content (AvgIpc) is 3.01. The molecule has 1 aromatic carbocycles. The second kappa shape index (κ2) is 9.07. The molecule has 0 unspecified atom stereocenters. The molecule has 0 saturated carbocycles. The molecule has 2 fully saturated rings. The number of quaternary nitrogens is 1. The number of piperidine rings is 1. The summed E-state index contributed by atoms with van der Waals surface area (Å²) in [4.78, 5) is 0. The van der Waals surface area contributed by atoms with E-state index in [0.717, 1.165) is 26.1 Å². The Balaban J connectivity index is 1.55. The van der Waals surface area contributed by atoms with Crippen LogP contribution in [-0.2, 0) is 16.0 Å². The molecule has 1 aromatic rings. The first kappa shape index (κ1) is 20.8. The molecule has 0 N–H and O–H groups in total. The molecule has 3 heteroatoms. The van der Waals surface area contributed by atoms with E-state index in [-0.39, 0.29) is 12.4 Å². The summed E-state index contributed by atoms with van der Waals surface area (Å²) in [5.74, 6) is 0.635. The maximum Gasteiger partial charge on any atom is 0.158 e. The Morgan fingerprint density at radius 1 is 1.07 bits per heavy atom. The highest BCUT2D eigenvalue weighted by Crippen LogP contribution is 2.31. The van der Waals surface area contributed by atoms with Gasteiger partial charge in [-0.1, -0.05) is 58.0 Å². The average molecular weight is 375 g/mol. The fraction of sp³-hybridized carbons (Fsp3) is 0.750. The number of hydrogen-bond donors (Lipinski definition) is 0. The number of benzene rings is 1. The second-order valence-corrected chi connectivity index (χ2v) is 10.3. The molecule has 27 heavy (non-hydrogen) atoms. The maximum atomic E-state index is 6.37. The van der Waals surface area contributed by atoms with Crippen molar-refractivity contribution in [3.8, 4) is 0 Å². The van der Waals surface area contributed by atoms with Gasteiger partial charge in [0.05, 0.1) is 19.7 Å². The topological polar surface area (TPSA) is 18.5 Å². The maximum absolute atomic E-state index is 6.37. The van der Waals surface area contributed by atoms with Gasteiger partial charge in [-0.15, -0.1) is 0 Å². The highest BCUT2D eigenvalue weighted by Gasteiger charge is 2.38. The zero-order valence-corrected chi connectivity index (χ0v) is 18.0. The first-order valence-corrected chi connectivity index (χ1v) is 11.0. The van der Waals surface area contributed by atoms with E-state index >= 15 is 0 Å². The summed E-state index contributed by atoms with van der Waals surface area (Å²) in [5, 5.41) is 0. The monoisotopic (exact) mass is 374 g/mol. The van der Waals surface area contributed by atoms with Crippen molar-refractivity contribution in [2.75, 3.05) is 26.2 Å². The Morgan fingerprint density at radius 3 is 2.44 bits per heavy atom.